The number of ether oxygens (including phenoxy) is 1. The number of benzene rings is 1. The summed E-state index contributed by atoms with van der Waals surface area (Å²) in [6, 6.07) is 5.35. The Labute approximate surface area is 91.4 Å². The van der Waals surface area contributed by atoms with Crippen LogP contribution in [-0.2, 0) is 4.74 Å². The largest absolute Gasteiger partial charge is 0.436 e. The van der Waals surface area contributed by atoms with Crippen LogP contribution in [0.1, 0.15) is 0 Å². The number of hydrogen-bond donors (Lipinski definition) is 1. The molecule has 1 N–H and O–H groups in total. The van der Waals surface area contributed by atoms with E-state index in [4.69, 9.17) is 6.42 Å². The summed E-state index contributed by atoms with van der Waals surface area (Å²) in [6.45, 7) is -0.126. The van der Waals surface area contributed by atoms with Crippen LogP contribution in [-0.4, -0.2) is 17.6 Å². The van der Waals surface area contributed by atoms with Gasteiger partial charge in [-0.2, -0.15) is 0 Å². The summed E-state index contributed by atoms with van der Waals surface area (Å²) in [5.74, 6) is 2.14. The highest BCUT2D eigenvalue weighted by Crippen LogP contribution is 2.15. The van der Waals surface area contributed by atoms with Crippen LogP contribution >= 0.6 is 0 Å². The van der Waals surface area contributed by atoms with Crippen molar-refractivity contribution in [3.05, 3.63) is 34.4 Å². The van der Waals surface area contributed by atoms with Gasteiger partial charge < -0.3 is 4.74 Å². The Morgan fingerprint density at radius 3 is 2.62 bits per heavy atom. The second-order valence-corrected chi connectivity index (χ2v) is 2.71. The lowest BCUT2D eigenvalue weighted by Crippen LogP contribution is -2.13. The third-order valence-corrected chi connectivity index (χ3v) is 1.61. The minimum atomic E-state index is -0.702. The molecule has 0 spiro atoms. The molecule has 0 aliphatic rings. The molecule has 6 nitrogen and oxygen atoms in total. The maximum absolute atomic E-state index is 11.0. The van der Waals surface area contributed by atoms with E-state index >= 15 is 0 Å². The second kappa shape index (κ2) is 5.36. The van der Waals surface area contributed by atoms with E-state index in [1.54, 1.807) is 0 Å². The number of amides is 1. The number of rotatable bonds is 3. The fourth-order valence-electron chi connectivity index (χ4n) is 0.928. The zero-order chi connectivity index (χ0) is 12.0. The highest BCUT2D eigenvalue weighted by atomic mass is 16.6. The zero-order valence-corrected chi connectivity index (χ0v) is 8.17. The molecule has 16 heavy (non-hydrogen) atoms. The molecule has 0 heterocycles. The summed E-state index contributed by atoms with van der Waals surface area (Å²) in [5.41, 5.74) is 0.343. The van der Waals surface area contributed by atoms with Gasteiger partial charge in [0, 0.05) is 17.8 Å². The van der Waals surface area contributed by atoms with Crippen LogP contribution in [0, 0.1) is 22.5 Å². The van der Waals surface area contributed by atoms with Gasteiger partial charge >= 0.3 is 6.09 Å². The first-order chi connectivity index (χ1) is 7.63. The van der Waals surface area contributed by atoms with Crippen LogP contribution < -0.4 is 5.32 Å². The molecule has 0 saturated carbocycles. The zero-order valence-electron chi connectivity index (χ0n) is 8.17. The van der Waals surface area contributed by atoms with Gasteiger partial charge in [-0.1, -0.05) is 5.92 Å². The molecule has 1 amide bonds. The molecule has 0 unspecified atom stereocenters. The molecule has 0 fully saturated rings. The topological polar surface area (TPSA) is 81.5 Å². The van der Waals surface area contributed by atoms with Crippen molar-refractivity contribution in [1.82, 2.24) is 0 Å². The predicted octanol–water partition coefficient (Wildman–Crippen LogP) is 1.78. The predicted molar refractivity (Wildman–Crippen MR) is 56.9 cm³/mol. The van der Waals surface area contributed by atoms with E-state index in [0.717, 1.165) is 0 Å². The van der Waals surface area contributed by atoms with Crippen molar-refractivity contribution in [2.45, 2.75) is 0 Å². The summed E-state index contributed by atoms with van der Waals surface area (Å²) in [4.78, 5) is 20.8. The molecule has 1 aromatic carbocycles. The van der Waals surface area contributed by atoms with Crippen molar-refractivity contribution >= 4 is 17.5 Å². The Morgan fingerprint density at radius 2 is 2.12 bits per heavy atom. The van der Waals surface area contributed by atoms with Crippen LogP contribution in [0.25, 0.3) is 0 Å². The first-order valence-corrected chi connectivity index (χ1v) is 4.25. The summed E-state index contributed by atoms with van der Waals surface area (Å²) in [5, 5.41) is 12.7. The van der Waals surface area contributed by atoms with Gasteiger partial charge in [-0.3, -0.25) is 15.4 Å². The van der Waals surface area contributed by atoms with Crippen molar-refractivity contribution in [1.29, 1.82) is 0 Å². The summed E-state index contributed by atoms with van der Waals surface area (Å²) >= 11 is 0. The van der Waals surface area contributed by atoms with Crippen LogP contribution in [0.2, 0.25) is 0 Å². The number of nitrogens with one attached hydrogen (secondary N) is 1. The molecule has 0 saturated heterocycles. The van der Waals surface area contributed by atoms with Crippen molar-refractivity contribution in [2.75, 3.05) is 11.9 Å². The number of anilines is 1. The van der Waals surface area contributed by atoms with Gasteiger partial charge in [0.15, 0.2) is 6.61 Å². The highest BCUT2D eigenvalue weighted by Gasteiger charge is 2.06. The molecule has 0 bridgehead atoms. The number of carbonyl (C=O) groups is 1. The molecule has 0 aromatic heterocycles. The number of hydrogen-bond acceptors (Lipinski definition) is 4. The van der Waals surface area contributed by atoms with Gasteiger partial charge in [-0.25, -0.2) is 4.79 Å². The van der Waals surface area contributed by atoms with Crippen molar-refractivity contribution in [2.24, 2.45) is 0 Å². The molecule has 0 aliphatic heterocycles. The molecule has 1 rings (SSSR count). The normalized spacial score (nSPS) is 8.94. The number of nitro groups is 1. The minimum Gasteiger partial charge on any atom is -0.436 e. The van der Waals surface area contributed by atoms with Crippen LogP contribution in [0.5, 0.6) is 0 Å². The van der Waals surface area contributed by atoms with Crippen LogP contribution in [0.3, 0.4) is 0 Å². The first-order valence-electron chi connectivity index (χ1n) is 4.25. The lowest BCUT2D eigenvalue weighted by Gasteiger charge is -2.03. The minimum absolute atomic E-state index is 0.0532. The third kappa shape index (κ3) is 3.31. The smallest absolute Gasteiger partial charge is 0.412 e. The Morgan fingerprint density at radius 1 is 1.50 bits per heavy atom. The number of carbonyl (C=O) groups excluding carboxylic acids is 1. The molecule has 0 atom stereocenters. The standard InChI is InChI=1S/C10H8N2O4/c1-2-7-16-10(13)11-8-3-5-9(6-4-8)12(14)15/h1,3-6H,7H2,(H,11,13). The Balaban J connectivity index is 2.59. The van der Waals surface area contributed by atoms with Crippen LogP contribution in [0.4, 0.5) is 16.2 Å². The molecule has 82 valence electrons. The first kappa shape index (κ1) is 11.5. The van der Waals surface area contributed by atoms with E-state index in [0.29, 0.717) is 5.69 Å². The second-order valence-electron chi connectivity index (χ2n) is 2.71. The fraction of sp³-hybridized carbons (Fsp3) is 0.100. The van der Waals surface area contributed by atoms with Gasteiger partial charge in [0.05, 0.1) is 4.92 Å². The van der Waals surface area contributed by atoms with Crippen molar-refractivity contribution < 1.29 is 14.5 Å². The summed E-state index contributed by atoms with van der Waals surface area (Å²) in [6.07, 6.45) is 4.19. The molecular weight excluding hydrogens is 212 g/mol. The fourth-order valence-corrected chi connectivity index (χ4v) is 0.928. The van der Waals surface area contributed by atoms with Crippen molar-refractivity contribution in [3.63, 3.8) is 0 Å². The summed E-state index contributed by atoms with van der Waals surface area (Å²) < 4.78 is 4.55. The molecule has 0 aliphatic carbocycles. The van der Waals surface area contributed by atoms with Gasteiger partial charge in [-0.15, -0.1) is 6.42 Å². The number of terminal acetylenes is 1. The lowest BCUT2D eigenvalue weighted by atomic mass is 10.3. The lowest BCUT2D eigenvalue weighted by molar-refractivity contribution is -0.384. The van der Waals surface area contributed by atoms with E-state index in [1.165, 1.54) is 24.3 Å². The maximum atomic E-state index is 11.0. The Hall–Kier alpha value is -2.55. The number of nitrogens with zero attached hydrogens (tertiary/aromatic N) is 1. The van der Waals surface area contributed by atoms with E-state index < -0.39 is 11.0 Å². The van der Waals surface area contributed by atoms with Gasteiger partial charge in [0.2, 0.25) is 0 Å². The van der Waals surface area contributed by atoms with E-state index in [2.05, 4.69) is 16.0 Å². The van der Waals surface area contributed by atoms with E-state index in [-0.39, 0.29) is 12.3 Å². The van der Waals surface area contributed by atoms with Crippen LogP contribution in [0.15, 0.2) is 24.3 Å². The monoisotopic (exact) mass is 220 g/mol. The van der Waals surface area contributed by atoms with E-state index in [9.17, 15) is 14.9 Å². The quantitative estimate of drug-likeness (QED) is 0.478. The average molecular weight is 220 g/mol. The van der Waals surface area contributed by atoms with Gasteiger partial charge in [0.1, 0.15) is 0 Å². The number of non-ortho nitro benzene ring substituents is 1. The molecule has 6 heteroatoms. The SMILES string of the molecule is C#CCOC(=O)Nc1ccc([N+](=O)[O-])cc1. The summed E-state index contributed by atoms with van der Waals surface area (Å²) in [7, 11) is 0. The molecule has 1 aromatic rings. The molecular formula is C10H8N2O4. The van der Waals surface area contributed by atoms with E-state index in [1.807, 2.05) is 0 Å². The average Bonchev–Trinajstić information content (AvgIpc) is 2.27. The third-order valence-electron chi connectivity index (χ3n) is 1.61. The maximum Gasteiger partial charge on any atom is 0.412 e. The van der Waals surface area contributed by atoms with Gasteiger partial charge in [-0.05, 0) is 12.1 Å². The van der Waals surface area contributed by atoms with Gasteiger partial charge in [0.25, 0.3) is 5.69 Å². The number of nitro benzene ring substituents is 1. The molecule has 0 radical (unpaired) electrons. The van der Waals surface area contributed by atoms with Crippen molar-refractivity contribution in [3.8, 4) is 12.3 Å². The Kier molecular flexibility index (Phi) is 3.86. The Bertz CT molecular complexity index is 433. The highest BCUT2D eigenvalue weighted by molar-refractivity contribution is 5.84.